The van der Waals surface area contributed by atoms with Gasteiger partial charge in [-0.2, -0.15) is 5.84 Å². The molecule has 15 heavy (non-hydrogen) atoms. The fraction of sp³-hybridized carbons (Fsp3) is 1.00. The molecule has 94 valence electrons. The topological polar surface area (TPSA) is 56.0 Å². The van der Waals surface area contributed by atoms with E-state index in [0.29, 0.717) is 0 Å². The normalized spacial score (nSPS) is 11.2. The van der Waals surface area contributed by atoms with Crippen LogP contribution in [0.5, 0.6) is 0 Å². The Balaban J connectivity index is 0. The van der Waals surface area contributed by atoms with Crippen LogP contribution < -0.4 is 5.84 Å². The maximum absolute atomic E-state index is 6.39. The third kappa shape index (κ3) is 8.85. The molecule has 0 spiro atoms. The Bertz CT molecular complexity index is 107. The Morgan fingerprint density at radius 1 is 0.733 bits per heavy atom. The monoisotopic (exact) mass is 218 g/mol. The summed E-state index contributed by atoms with van der Waals surface area (Å²) in [5.74, 6) is 6.39. The first-order chi connectivity index (χ1) is 6.68. The van der Waals surface area contributed by atoms with Crippen molar-refractivity contribution in [1.82, 2.24) is 0 Å². The van der Waals surface area contributed by atoms with E-state index in [1.54, 1.807) is 0 Å². The van der Waals surface area contributed by atoms with Crippen LogP contribution in [0, 0.1) is 0 Å². The first-order valence-electron chi connectivity index (χ1n) is 6.33. The van der Waals surface area contributed by atoms with Crippen LogP contribution in [0.1, 0.15) is 59.3 Å². The van der Waals surface area contributed by atoms with Gasteiger partial charge in [-0.1, -0.05) is 40.0 Å². The predicted molar refractivity (Wildman–Crippen MR) is 65.7 cm³/mol. The van der Waals surface area contributed by atoms with E-state index in [0.717, 1.165) is 24.2 Å². The second kappa shape index (κ2) is 10.4. The van der Waals surface area contributed by atoms with Crippen molar-refractivity contribution in [3.05, 3.63) is 0 Å². The van der Waals surface area contributed by atoms with Crippen LogP contribution >= 0.6 is 0 Å². The summed E-state index contributed by atoms with van der Waals surface area (Å²) in [7, 11) is 0. The maximum Gasteiger partial charge on any atom is 0.0960 e. The van der Waals surface area contributed by atoms with E-state index in [9.17, 15) is 0 Å². The Labute approximate surface area is 95.5 Å². The summed E-state index contributed by atoms with van der Waals surface area (Å²) in [5, 5.41) is 0. The van der Waals surface area contributed by atoms with Gasteiger partial charge >= 0.3 is 0 Å². The smallest absolute Gasteiger partial charge is 0.0960 e. The van der Waals surface area contributed by atoms with E-state index in [1.165, 1.54) is 38.5 Å². The van der Waals surface area contributed by atoms with Crippen LogP contribution in [0.3, 0.4) is 0 Å². The molecule has 0 rings (SSSR count). The maximum atomic E-state index is 6.39. The zero-order valence-corrected chi connectivity index (χ0v) is 10.8. The van der Waals surface area contributed by atoms with Crippen LogP contribution in [0.4, 0.5) is 0 Å². The summed E-state index contributed by atoms with van der Waals surface area (Å²) >= 11 is 0. The van der Waals surface area contributed by atoms with E-state index < -0.39 is 0 Å². The molecule has 3 heteroatoms. The highest BCUT2D eigenvalue weighted by Gasteiger charge is 2.20. The molecule has 0 saturated carbocycles. The lowest BCUT2D eigenvalue weighted by molar-refractivity contribution is -0.940. The second-order valence-electron chi connectivity index (χ2n) is 4.45. The number of hydrogen-bond acceptors (Lipinski definition) is 2. The minimum Gasteiger partial charge on any atom is -0.870 e. The van der Waals surface area contributed by atoms with Crippen molar-refractivity contribution >= 4 is 0 Å². The molecular weight excluding hydrogens is 188 g/mol. The zero-order chi connectivity index (χ0) is 10.9. The quantitative estimate of drug-likeness (QED) is 0.367. The van der Waals surface area contributed by atoms with Gasteiger partial charge in [-0.25, -0.2) is 4.59 Å². The molecule has 0 radical (unpaired) electrons. The standard InChI is InChI=1S/C12H29N2.H2O/c1-4-7-10-14(13,11-8-5-2)12-9-6-3;/h4-13H2,1-3H3;1H2/q+1;/p-1. The van der Waals surface area contributed by atoms with Crippen LogP contribution in [-0.4, -0.2) is 29.7 Å². The lowest BCUT2D eigenvalue weighted by atomic mass is 10.2. The highest BCUT2D eigenvalue weighted by molar-refractivity contribution is 4.42. The molecule has 0 aromatic heterocycles. The van der Waals surface area contributed by atoms with Crippen molar-refractivity contribution < 1.29 is 10.1 Å². The van der Waals surface area contributed by atoms with Crippen molar-refractivity contribution in [2.75, 3.05) is 19.6 Å². The summed E-state index contributed by atoms with van der Waals surface area (Å²) in [6.07, 6.45) is 7.58. The number of rotatable bonds is 9. The highest BCUT2D eigenvalue weighted by Crippen LogP contribution is 2.07. The van der Waals surface area contributed by atoms with E-state index in [1.807, 2.05) is 0 Å². The molecule has 0 aromatic carbocycles. The Kier molecular flexibility index (Phi) is 12.0. The minimum atomic E-state index is 0. The van der Waals surface area contributed by atoms with Crippen molar-refractivity contribution in [1.29, 1.82) is 0 Å². The van der Waals surface area contributed by atoms with Crippen molar-refractivity contribution in [2.45, 2.75) is 59.3 Å². The summed E-state index contributed by atoms with van der Waals surface area (Å²) in [4.78, 5) is 0. The van der Waals surface area contributed by atoms with Gasteiger partial charge in [0.2, 0.25) is 0 Å². The van der Waals surface area contributed by atoms with Crippen molar-refractivity contribution in [2.24, 2.45) is 5.84 Å². The van der Waals surface area contributed by atoms with Gasteiger partial charge in [-0.3, -0.25) is 0 Å². The molecule has 0 aromatic rings. The molecule has 0 unspecified atom stereocenters. The molecule has 0 heterocycles. The van der Waals surface area contributed by atoms with Crippen LogP contribution in [0.2, 0.25) is 0 Å². The number of nitrogens with two attached hydrogens (primary N) is 1. The number of hydrogen-bond donors (Lipinski definition) is 1. The summed E-state index contributed by atoms with van der Waals surface area (Å²) in [5.41, 5.74) is 0. The number of unbranched alkanes of at least 4 members (excludes halogenated alkanes) is 3. The van der Waals surface area contributed by atoms with Crippen LogP contribution in [-0.2, 0) is 0 Å². The predicted octanol–water partition coefficient (Wildman–Crippen LogP) is 2.90. The van der Waals surface area contributed by atoms with Gasteiger partial charge in [0, 0.05) is 0 Å². The Hall–Kier alpha value is -0.120. The van der Waals surface area contributed by atoms with Gasteiger partial charge in [0.25, 0.3) is 0 Å². The second-order valence-corrected chi connectivity index (χ2v) is 4.45. The molecule has 0 aliphatic rings. The van der Waals surface area contributed by atoms with E-state index in [2.05, 4.69) is 20.8 Å². The number of nitrogens with zero attached hydrogens (tertiary/aromatic N) is 1. The van der Waals surface area contributed by atoms with Crippen molar-refractivity contribution in [3.8, 4) is 0 Å². The first-order valence-corrected chi connectivity index (χ1v) is 6.33. The molecule has 0 amide bonds. The molecule has 3 nitrogen and oxygen atoms in total. The van der Waals surface area contributed by atoms with Gasteiger partial charge in [-0.15, -0.1) is 0 Å². The average molecular weight is 218 g/mol. The molecule has 3 N–H and O–H groups in total. The Morgan fingerprint density at radius 2 is 1.00 bits per heavy atom. The minimum absolute atomic E-state index is 0. The van der Waals surface area contributed by atoms with E-state index >= 15 is 0 Å². The number of quaternary nitrogens is 1. The molecule has 0 aliphatic heterocycles. The van der Waals surface area contributed by atoms with Crippen molar-refractivity contribution in [3.63, 3.8) is 0 Å². The summed E-state index contributed by atoms with van der Waals surface area (Å²) in [6, 6.07) is 0. The molecule has 0 saturated heterocycles. The fourth-order valence-corrected chi connectivity index (χ4v) is 1.75. The fourth-order valence-electron chi connectivity index (χ4n) is 1.75. The average Bonchev–Trinajstić information content (AvgIpc) is 2.21. The third-order valence-electron chi connectivity index (χ3n) is 2.87. The van der Waals surface area contributed by atoms with Crippen LogP contribution in [0.25, 0.3) is 0 Å². The molecule has 0 atom stereocenters. The summed E-state index contributed by atoms with van der Waals surface area (Å²) < 4.78 is 0.815. The van der Waals surface area contributed by atoms with Gasteiger partial charge in [0.05, 0.1) is 19.6 Å². The summed E-state index contributed by atoms with van der Waals surface area (Å²) in [6.45, 7) is 10.2. The zero-order valence-electron chi connectivity index (χ0n) is 10.8. The lowest BCUT2D eigenvalue weighted by Crippen LogP contribution is -2.56. The lowest BCUT2D eigenvalue weighted by Gasteiger charge is -2.33. The van der Waals surface area contributed by atoms with Gasteiger partial charge in [0.1, 0.15) is 0 Å². The first kappa shape index (κ1) is 17.3. The molecule has 0 bridgehead atoms. The SMILES string of the molecule is CCCC[N+](N)(CCCC)CCCC.[OH-]. The van der Waals surface area contributed by atoms with E-state index in [-0.39, 0.29) is 5.48 Å². The largest absolute Gasteiger partial charge is 0.870 e. The van der Waals surface area contributed by atoms with Gasteiger partial charge in [0.15, 0.2) is 0 Å². The molecule has 0 fully saturated rings. The van der Waals surface area contributed by atoms with Gasteiger partial charge in [-0.05, 0) is 19.3 Å². The highest BCUT2D eigenvalue weighted by atomic mass is 16.0. The van der Waals surface area contributed by atoms with Gasteiger partial charge < -0.3 is 5.48 Å². The molecule has 0 aliphatic carbocycles. The van der Waals surface area contributed by atoms with E-state index in [4.69, 9.17) is 5.84 Å². The third-order valence-corrected chi connectivity index (χ3v) is 2.87. The molecular formula is C12H30N2O. The van der Waals surface area contributed by atoms with Crippen LogP contribution in [0.15, 0.2) is 0 Å². The Morgan fingerprint density at radius 3 is 1.20 bits per heavy atom.